The second-order valence-electron chi connectivity index (χ2n) is 5.64. The van der Waals surface area contributed by atoms with Crippen LogP contribution in [0.3, 0.4) is 0 Å². The molecule has 2 aromatic carbocycles. The fraction of sp³-hybridized carbons (Fsp3) is 0.0556. The van der Waals surface area contributed by atoms with Gasteiger partial charge in [0.05, 0.1) is 11.0 Å². The average Bonchev–Trinajstić information content (AvgIpc) is 2.62. The summed E-state index contributed by atoms with van der Waals surface area (Å²) in [5.41, 5.74) is 1.19. The van der Waals surface area contributed by atoms with Crippen molar-refractivity contribution in [2.24, 2.45) is 0 Å². The van der Waals surface area contributed by atoms with E-state index in [9.17, 15) is 18.0 Å². The van der Waals surface area contributed by atoms with E-state index in [4.69, 9.17) is 0 Å². The van der Waals surface area contributed by atoms with Gasteiger partial charge in [-0.3, -0.25) is 4.79 Å². The van der Waals surface area contributed by atoms with Gasteiger partial charge >= 0.3 is 6.36 Å². The largest absolute Gasteiger partial charge is 0.573 e. The summed E-state index contributed by atoms with van der Waals surface area (Å²) in [7, 11) is 0. The number of nitrogens with one attached hydrogen (secondary N) is 2. The highest BCUT2D eigenvalue weighted by molar-refractivity contribution is 6.06. The molecule has 0 aliphatic carbocycles. The summed E-state index contributed by atoms with van der Waals surface area (Å²) in [6.07, 6.45) is -3.44. The maximum atomic E-state index is 12.5. The number of hydrogen-bond acceptors (Lipinski definition) is 5. The lowest BCUT2D eigenvalue weighted by Gasteiger charge is -2.11. The summed E-state index contributed by atoms with van der Waals surface area (Å²) in [6.45, 7) is 0. The number of halogens is 3. The Bertz CT molecular complexity index is 1190. The molecule has 136 valence electrons. The molecule has 2 heterocycles. The van der Waals surface area contributed by atoms with Crippen molar-refractivity contribution in [2.45, 2.75) is 6.36 Å². The minimum atomic E-state index is -4.76. The molecule has 0 spiro atoms. The van der Waals surface area contributed by atoms with Gasteiger partial charge in [0.1, 0.15) is 23.3 Å². The van der Waals surface area contributed by atoms with Crippen LogP contribution in [0.5, 0.6) is 5.75 Å². The molecule has 4 rings (SSSR count). The lowest BCUT2D eigenvalue weighted by Crippen LogP contribution is -2.17. The first-order chi connectivity index (χ1) is 12.9. The molecule has 0 unspecified atom stereocenters. The Morgan fingerprint density at radius 1 is 1.00 bits per heavy atom. The second-order valence-corrected chi connectivity index (χ2v) is 5.64. The lowest BCUT2D eigenvalue weighted by molar-refractivity contribution is -0.274. The van der Waals surface area contributed by atoms with E-state index in [0.29, 0.717) is 16.7 Å². The summed E-state index contributed by atoms with van der Waals surface area (Å²) in [5, 5.41) is 3.95. The highest BCUT2D eigenvalue weighted by Gasteiger charge is 2.30. The van der Waals surface area contributed by atoms with E-state index in [0.717, 1.165) is 5.39 Å². The summed E-state index contributed by atoms with van der Waals surface area (Å²) in [5.74, 6) is -0.0964. The Labute approximate surface area is 149 Å². The summed E-state index contributed by atoms with van der Waals surface area (Å²) in [4.78, 5) is 23.6. The van der Waals surface area contributed by atoms with E-state index in [2.05, 4.69) is 25.0 Å². The third kappa shape index (κ3) is 3.39. The first kappa shape index (κ1) is 16.8. The zero-order chi connectivity index (χ0) is 19.0. The van der Waals surface area contributed by atoms with Crippen molar-refractivity contribution < 1.29 is 17.9 Å². The average molecular weight is 372 g/mol. The highest BCUT2D eigenvalue weighted by Crippen LogP contribution is 2.27. The minimum absolute atomic E-state index is 0.247. The van der Waals surface area contributed by atoms with Crippen LogP contribution in [0.15, 0.2) is 59.7 Å². The minimum Gasteiger partial charge on any atom is -0.406 e. The molecule has 2 N–H and O–H groups in total. The van der Waals surface area contributed by atoms with Gasteiger partial charge in [-0.05, 0) is 30.3 Å². The Hall–Kier alpha value is -3.62. The topological polar surface area (TPSA) is 79.9 Å². The van der Waals surface area contributed by atoms with Crippen LogP contribution in [0.1, 0.15) is 0 Å². The van der Waals surface area contributed by atoms with Crippen LogP contribution in [0.4, 0.5) is 24.7 Å². The van der Waals surface area contributed by atoms with Gasteiger partial charge in [0.25, 0.3) is 5.56 Å². The van der Waals surface area contributed by atoms with Crippen LogP contribution in [0.25, 0.3) is 21.8 Å². The van der Waals surface area contributed by atoms with Gasteiger partial charge in [0.2, 0.25) is 0 Å². The fourth-order valence-corrected chi connectivity index (χ4v) is 2.76. The number of para-hydroxylation sites is 1. The summed E-state index contributed by atoms with van der Waals surface area (Å²) in [6, 6.07) is 12.3. The Balaban J connectivity index is 1.74. The number of aromatic nitrogens is 3. The second kappa shape index (κ2) is 6.27. The third-order valence-corrected chi connectivity index (χ3v) is 3.86. The summed E-state index contributed by atoms with van der Waals surface area (Å²) < 4.78 is 40.6. The fourth-order valence-electron chi connectivity index (χ4n) is 2.76. The number of aromatic amines is 1. The molecular weight excluding hydrogens is 361 g/mol. The van der Waals surface area contributed by atoms with E-state index < -0.39 is 6.36 Å². The number of fused-ring (bicyclic) bond motifs is 3. The van der Waals surface area contributed by atoms with Crippen LogP contribution >= 0.6 is 0 Å². The molecule has 9 heteroatoms. The van der Waals surface area contributed by atoms with Crippen LogP contribution in [-0.4, -0.2) is 21.3 Å². The maximum absolute atomic E-state index is 12.5. The van der Waals surface area contributed by atoms with E-state index in [-0.39, 0.29) is 22.5 Å². The molecule has 2 aromatic heterocycles. The first-order valence-corrected chi connectivity index (χ1v) is 7.79. The molecule has 0 atom stereocenters. The molecule has 27 heavy (non-hydrogen) atoms. The third-order valence-electron chi connectivity index (χ3n) is 3.86. The van der Waals surface area contributed by atoms with Gasteiger partial charge in [-0.1, -0.05) is 18.2 Å². The normalized spacial score (nSPS) is 11.7. The predicted octanol–water partition coefficient (Wildman–Crippen LogP) is 4.11. The molecular formula is C18H11F3N4O2. The van der Waals surface area contributed by atoms with E-state index in [1.54, 1.807) is 12.1 Å². The number of H-pyrrole nitrogens is 1. The smallest absolute Gasteiger partial charge is 0.406 e. The Kier molecular flexibility index (Phi) is 3.91. The Morgan fingerprint density at radius 3 is 2.48 bits per heavy atom. The first-order valence-electron chi connectivity index (χ1n) is 7.79. The van der Waals surface area contributed by atoms with E-state index in [1.807, 2.05) is 12.1 Å². The van der Waals surface area contributed by atoms with Gasteiger partial charge in [-0.15, -0.1) is 13.2 Å². The maximum Gasteiger partial charge on any atom is 0.573 e. The monoisotopic (exact) mass is 372 g/mol. The number of hydrogen-bond donors (Lipinski definition) is 2. The van der Waals surface area contributed by atoms with Crippen LogP contribution in [-0.2, 0) is 0 Å². The van der Waals surface area contributed by atoms with Crippen molar-refractivity contribution in [3.05, 3.63) is 65.2 Å². The molecule has 0 amide bonds. The van der Waals surface area contributed by atoms with Crippen molar-refractivity contribution in [1.29, 1.82) is 0 Å². The summed E-state index contributed by atoms with van der Waals surface area (Å²) >= 11 is 0. The lowest BCUT2D eigenvalue weighted by atomic mass is 10.1. The van der Waals surface area contributed by atoms with Gasteiger partial charge in [-0.25, -0.2) is 9.97 Å². The molecule has 0 saturated heterocycles. The highest BCUT2D eigenvalue weighted by atomic mass is 19.4. The van der Waals surface area contributed by atoms with Crippen molar-refractivity contribution in [3.63, 3.8) is 0 Å². The number of pyridine rings is 1. The van der Waals surface area contributed by atoms with Crippen molar-refractivity contribution in [1.82, 2.24) is 15.0 Å². The quantitative estimate of drug-likeness (QED) is 0.529. The van der Waals surface area contributed by atoms with Crippen molar-refractivity contribution in [3.8, 4) is 5.75 Å². The molecule has 4 aromatic rings. The SMILES string of the molecule is O=c1[nH]c2ccccc2c2ncnc(Nc3ccc(OC(F)(F)F)cc3)c12. The number of alkyl halides is 3. The zero-order valence-electron chi connectivity index (χ0n) is 13.5. The standard InChI is InChI=1S/C18H11F3N4O2/c19-18(20,21)27-11-7-5-10(6-8-11)24-16-14-15(22-9-23-16)12-3-1-2-4-13(12)25-17(14)26/h1-9H,(H,25,26)(H,22,23,24). The zero-order valence-corrected chi connectivity index (χ0v) is 13.5. The van der Waals surface area contributed by atoms with E-state index in [1.165, 1.54) is 30.6 Å². The number of anilines is 2. The molecule has 0 aliphatic heterocycles. The number of nitrogens with zero attached hydrogens (tertiary/aromatic N) is 2. The predicted molar refractivity (Wildman–Crippen MR) is 94.1 cm³/mol. The molecule has 0 bridgehead atoms. The molecule has 0 fully saturated rings. The van der Waals surface area contributed by atoms with Crippen LogP contribution in [0.2, 0.25) is 0 Å². The molecule has 0 saturated carbocycles. The number of rotatable bonds is 3. The van der Waals surface area contributed by atoms with Gasteiger partial charge in [0, 0.05) is 11.1 Å². The van der Waals surface area contributed by atoms with Gasteiger partial charge in [-0.2, -0.15) is 0 Å². The van der Waals surface area contributed by atoms with Gasteiger partial charge in [0.15, 0.2) is 0 Å². The molecule has 6 nitrogen and oxygen atoms in total. The molecule has 0 radical (unpaired) electrons. The van der Waals surface area contributed by atoms with Crippen molar-refractivity contribution in [2.75, 3.05) is 5.32 Å². The number of benzene rings is 2. The van der Waals surface area contributed by atoms with Crippen LogP contribution < -0.4 is 15.6 Å². The van der Waals surface area contributed by atoms with Gasteiger partial charge < -0.3 is 15.0 Å². The van der Waals surface area contributed by atoms with Crippen molar-refractivity contribution >= 4 is 33.3 Å². The molecule has 0 aliphatic rings. The number of ether oxygens (including phenoxy) is 1. The van der Waals surface area contributed by atoms with E-state index >= 15 is 0 Å². The Morgan fingerprint density at radius 2 is 1.74 bits per heavy atom. The van der Waals surface area contributed by atoms with Crippen LogP contribution in [0, 0.1) is 0 Å².